The van der Waals surface area contributed by atoms with E-state index in [1.54, 1.807) is 43.1 Å². The summed E-state index contributed by atoms with van der Waals surface area (Å²) in [5.74, 6) is 1.28. The van der Waals surface area contributed by atoms with Crippen LogP contribution >= 0.6 is 11.8 Å². The van der Waals surface area contributed by atoms with Crippen molar-refractivity contribution in [3.05, 3.63) is 65.0 Å². The molecule has 1 amide bonds. The van der Waals surface area contributed by atoms with Crippen molar-refractivity contribution in [2.24, 2.45) is 0 Å². The maximum atomic E-state index is 12.7. The van der Waals surface area contributed by atoms with Crippen LogP contribution in [0.5, 0.6) is 5.75 Å². The van der Waals surface area contributed by atoms with Crippen LogP contribution < -0.4 is 10.1 Å². The minimum Gasteiger partial charge on any atom is -0.497 e. The second-order valence-corrected chi connectivity index (χ2v) is 8.82. The second kappa shape index (κ2) is 10.5. The lowest BCUT2D eigenvalue weighted by Crippen LogP contribution is -2.25. The summed E-state index contributed by atoms with van der Waals surface area (Å²) in [7, 11) is 1.60. The molecular weight excluding hydrogens is 408 g/mol. The van der Waals surface area contributed by atoms with E-state index in [0.717, 1.165) is 40.8 Å². The Balaban J connectivity index is 1.92. The molecule has 0 saturated carbocycles. The van der Waals surface area contributed by atoms with Crippen LogP contribution in [0.2, 0.25) is 0 Å². The van der Waals surface area contributed by atoms with Crippen LogP contribution in [0.4, 0.5) is 0 Å². The first-order valence-corrected chi connectivity index (χ1v) is 11.5. The van der Waals surface area contributed by atoms with Crippen molar-refractivity contribution in [2.45, 2.75) is 57.5 Å². The first-order valence-electron chi connectivity index (χ1n) is 10.6. The number of hydrogen-bond acceptors (Lipinski definition) is 5. The number of carbonyl (C=O) groups excluding carboxylic acids is 1. The monoisotopic (exact) mass is 438 g/mol. The number of rotatable bonds is 9. The van der Waals surface area contributed by atoms with Gasteiger partial charge in [0.2, 0.25) is 0 Å². The molecule has 1 N–H and O–H groups in total. The van der Waals surface area contributed by atoms with Crippen LogP contribution in [0.3, 0.4) is 0 Å². The van der Waals surface area contributed by atoms with E-state index in [1.807, 2.05) is 0 Å². The fourth-order valence-corrected chi connectivity index (χ4v) is 4.22. The van der Waals surface area contributed by atoms with E-state index >= 15 is 0 Å². The molecule has 164 valence electrons. The molecule has 0 bridgehead atoms. The Morgan fingerprint density at radius 1 is 1.16 bits per heavy atom. The van der Waals surface area contributed by atoms with Crippen molar-refractivity contribution in [1.82, 2.24) is 20.1 Å². The Bertz CT molecular complexity index is 1030. The fourth-order valence-electron chi connectivity index (χ4n) is 3.31. The van der Waals surface area contributed by atoms with Gasteiger partial charge in [-0.2, -0.15) is 0 Å². The molecule has 2 aromatic carbocycles. The van der Waals surface area contributed by atoms with Gasteiger partial charge in [0.05, 0.1) is 19.3 Å². The Labute approximate surface area is 188 Å². The molecule has 31 heavy (non-hydrogen) atoms. The van der Waals surface area contributed by atoms with Crippen LogP contribution in [0.25, 0.3) is 5.69 Å². The molecule has 1 atom stereocenters. The zero-order chi connectivity index (χ0) is 22.4. The number of para-hydroxylation sites is 1. The molecule has 0 aliphatic rings. The van der Waals surface area contributed by atoms with Gasteiger partial charge in [-0.3, -0.25) is 9.36 Å². The quantitative estimate of drug-likeness (QED) is 0.478. The lowest BCUT2D eigenvalue weighted by atomic mass is 10.1. The fraction of sp³-hybridized carbons (Fsp3) is 0.375. The third-order valence-corrected chi connectivity index (χ3v) is 6.48. The van der Waals surface area contributed by atoms with Crippen molar-refractivity contribution in [3.8, 4) is 11.4 Å². The third-order valence-electron chi connectivity index (χ3n) is 5.27. The highest BCUT2D eigenvalue weighted by Gasteiger charge is 2.20. The van der Waals surface area contributed by atoms with Crippen LogP contribution in [-0.4, -0.2) is 33.0 Å². The van der Waals surface area contributed by atoms with Gasteiger partial charge in [-0.25, -0.2) is 0 Å². The van der Waals surface area contributed by atoms with Crippen molar-refractivity contribution in [3.63, 3.8) is 0 Å². The minimum atomic E-state index is -0.158. The SMILES string of the molecule is CCc1cccc(C)c1-n1c(CNC(=O)c2ccc(OC)cc2)nnc1S[C@@H](C)CC. The van der Waals surface area contributed by atoms with Gasteiger partial charge < -0.3 is 10.1 Å². The largest absolute Gasteiger partial charge is 0.497 e. The number of benzene rings is 2. The summed E-state index contributed by atoms with van der Waals surface area (Å²) in [5.41, 5.74) is 4.07. The minimum absolute atomic E-state index is 0.158. The molecule has 0 unspecified atom stereocenters. The van der Waals surface area contributed by atoms with Crippen LogP contribution in [0, 0.1) is 6.92 Å². The molecule has 0 spiro atoms. The van der Waals surface area contributed by atoms with Gasteiger partial charge in [0.15, 0.2) is 11.0 Å². The van der Waals surface area contributed by atoms with Gasteiger partial charge in [-0.05, 0) is 55.2 Å². The number of hydrogen-bond donors (Lipinski definition) is 1. The topological polar surface area (TPSA) is 69.0 Å². The number of methoxy groups -OCH3 is 1. The van der Waals surface area contributed by atoms with E-state index in [9.17, 15) is 4.79 Å². The molecule has 0 aliphatic carbocycles. The molecule has 7 heteroatoms. The number of ether oxygens (including phenoxy) is 1. The van der Waals surface area contributed by atoms with Crippen molar-refractivity contribution < 1.29 is 9.53 Å². The van der Waals surface area contributed by atoms with E-state index in [1.165, 1.54) is 5.56 Å². The van der Waals surface area contributed by atoms with Gasteiger partial charge >= 0.3 is 0 Å². The highest BCUT2D eigenvalue weighted by molar-refractivity contribution is 7.99. The summed E-state index contributed by atoms with van der Waals surface area (Å²) in [6.45, 7) is 8.89. The van der Waals surface area contributed by atoms with E-state index in [0.29, 0.717) is 10.8 Å². The summed E-state index contributed by atoms with van der Waals surface area (Å²) in [4.78, 5) is 12.7. The summed E-state index contributed by atoms with van der Waals surface area (Å²) in [5, 5.41) is 13.2. The number of carbonyl (C=O) groups is 1. The normalized spacial score (nSPS) is 11.9. The summed E-state index contributed by atoms with van der Waals surface area (Å²) < 4.78 is 7.27. The molecule has 0 fully saturated rings. The number of nitrogens with zero attached hydrogens (tertiary/aromatic N) is 3. The maximum absolute atomic E-state index is 12.7. The first-order chi connectivity index (χ1) is 15.0. The van der Waals surface area contributed by atoms with Gasteiger partial charge in [-0.1, -0.05) is 50.7 Å². The van der Waals surface area contributed by atoms with Gasteiger partial charge in [-0.15, -0.1) is 10.2 Å². The highest BCUT2D eigenvalue weighted by Crippen LogP contribution is 2.30. The third kappa shape index (κ3) is 5.28. The summed E-state index contributed by atoms with van der Waals surface area (Å²) >= 11 is 1.71. The molecule has 3 rings (SSSR count). The first kappa shape index (κ1) is 22.9. The van der Waals surface area contributed by atoms with E-state index < -0.39 is 0 Å². The number of aromatic nitrogens is 3. The Morgan fingerprint density at radius 3 is 2.55 bits per heavy atom. The van der Waals surface area contributed by atoms with Crippen molar-refractivity contribution in [1.29, 1.82) is 0 Å². The number of nitrogens with one attached hydrogen (secondary N) is 1. The Hall–Kier alpha value is -2.80. The zero-order valence-electron chi connectivity index (χ0n) is 18.8. The van der Waals surface area contributed by atoms with Gasteiger partial charge in [0.25, 0.3) is 5.91 Å². The van der Waals surface area contributed by atoms with Gasteiger partial charge in [0, 0.05) is 10.8 Å². The number of thioether (sulfide) groups is 1. The molecule has 3 aromatic rings. The average molecular weight is 439 g/mol. The molecule has 0 saturated heterocycles. The maximum Gasteiger partial charge on any atom is 0.251 e. The summed E-state index contributed by atoms with van der Waals surface area (Å²) in [6.07, 6.45) is 1.94. The second-order valence-electron chi connectivity index (χ2n) is 7.42. The standard InChI is InChI=1S/C24H30N4O2S/c1-6-17(4)31-24-27-26-21(28(24)22-16(3)9-8-10-18(22)7-2)15-25-23(29)19-11-13-20(30-5)14-12-19/h8-14,17H,6-7,15H2,1-5H3,(H,25,29)/t17-/m0/s1. The lowest BCUT2D eigenvalue weighted by Gasteiger charge is -2.18. The highest BCUT2D eigenvalue weighted by atomic mass is 32.2. The number of aryl methyl sites for hydroxylation is 2. The predicted octanol–water partition coefficient (Wildman–Crippen LogP) is 4.97. The Morgan fingerprint density at radius 2 is 1.90 bits per heavy atom. The molecule has 6 nitrogen and oxygen atoms in total. The Kier molecular flexibility index (Phi) is 7.74. The predicted molar refractivity (Wildman–Crippen MR) is 125 cm³/mol. The van der Waals surface area contributed by atoms with Crippen molar-refractivity contribution >= 4 is 17.7 Å². The lowest BCUT2D eigenvalue weighted by molar-refractivity contribution is 0.0949. The van der Waals surface area contributed by atoms with Gasteiger partial charge in [0.1, 0.15) is 5.75 Å². The molecular formula is C24H30N4O2S. The van der Waals surface area contributed by atoms with Crippen LogP contribution in [0.1, 0.15) is 54.5 Å². The van der Waals surface area contributed by atoms with Crippen molar-refractivity contribution in [2.75, 3.05) is 7.11 Å². The smallest absolute Gasteiger partial charge is 0.251 e. The molecule has 1 aromatic heterocycles. The molecule has 1 heterocycles. The zero-order valence-corrected chi connectivity index (χ0v) is 19.6. The molecule has 0 radical (unpaired) electrons. The number of amides is 1. The van der Waals surface area contributed by atoms with E-state index in [2.05, 4.69) is 66.0 Å². The van der Waals surface area contributed by atoms with Crippen LogP contribution in [0.15, 0.2) is 47.6 Å². The molecule has 0 aliphatic heterocycles. The van der Waals surface area contributed by atoms with E-state index in [4.69, 9.17) is 4.74 Å². The van der Waals surface area contributed by atoms with E-state index in [-0.39, 0.29) is 12.5 Å². The van der Waals surface area contributed by atoms with Crippen LogP contribution in [-0.2, 0) is 13.0 Å². The average Bonchev–Trinajstić information content (AvgIpc) is 3.18. The summed E-state index contributed by atoms with van der Waals surface area (Å²) in [6, 6.07) is 13.4.